The summed E-state index contributed by atoms with van der Waals surface area (Å²) in [6.07, 6.45) is -9.28. The Labute approximate surface area is 133 Å². The number of halogens is 8. The van der Waals surface area contributed by atoms with E-state index in [1.54, 1.807) is 0 Å². The highest BCUT2D eigenvalue weighted by molar-refractivity contribution is 9.10. The second kappa shape index (κ2) is 6.03. The van der Waals surface area contributed by atoms with Gasteiger partial charge in [0.25, 0.3) is 0 Å². The third kappa shape index (κ3) is 3.95. The molecule has 0 atom stereocenters. The summed E-state index contributed by atoms with van der Waals surface area (Å²) < 4.78 is 96.3. The van der Waals surface area contributed by atoms with Crippen LogP contribution in [0.25, 0.3) is 0 Å². The van der Waals surface area contributed by atoms with Crippen LogP contribution < -0.4 is 4.74 Å². The molecule has 0 aliphatic rings. The van der Waals surface area contributed by atoms with Crippen molar-refractivity contribution in [2.75, 3.05) is 0 Å². The van der Waals surface area contributed by atoms with Gasteiger partial charge in [0.15, 0.2) is 0 Å². The van der Waals surface area contributed by atoms with Gasteiger partial charge in [-0.3, -0.25) is 0 Å². The molecule has 0 aromatic heterocycles. The van der Waals surface area contributed by atoms with Crippen LogP contribution in [-0.4, -0.2) is 0 Å². The molecule has 0 radical (unpaired) electrons. The van der Waals surface area contributed by atoms with Crippen molar-refractivity contribution in [2.45, 2.75) is 12.3 Å². The van der Waals surface area contributed by atoms with Gasteiger partial charge in [0.1, 0.15) is 22.9 Å². The van der Waals surface area contributed by atoms with E-state index < -0.39 is 40.8 Å². The van der Waals surface area contributed by atoms with Gasteiger partial charge < -0.3 is 4.74 Å². The van der Waals surface area contributed by atoms with Crippen LogP contribution in [0.1, 0.15) is 11.1 Å². The average molecular weight is 403 g/mol. The van der Waals surface area contributed by atoms with Crippen LogP contribution in [0.15, 0.2) is 40.9 Å². The van der Waals surface area contributed by atoms with Gasteiger partial charge in [-0.15, -0.1) is 0 Å². The van der Waals surface area contributed by atoms with Crippen molar-refractivity contribution in [3.05, 3.63) is 63.6 Å². The Morgan fingerprint density at radius 1 is 0.826 bits per heavy atom. The molecule has 0 amide bonds. The summed E-state index contributed by atoms with van der Waals surface area (Å²) >= 11 is 3.03. The minimum atomic E-state index is -5.29. The molecule has 124 valence electrons. The molecule has 0 aliphatic carbocycles. The first kappa shape index (κ1) is 17.6. The molecule has 0 spiro atoms. The second-order valence-electron chi connectivity index (χ2n) is 4.39. The third-order valence-electron chi connectivity index (χ3n) is 2.73. The van der Waals surface area contributed by atoms with Crippen molar-refractivity contribution in [1.82, 2.24) is 0 Å². The van der Waals surface area contributed by atoms with E-state index in [1.807, 2.05) is 0 Å². The monoisotopic (exact) mass is 402 g/mol. The highest BCUT2D eigenvalue weighted by Crippen LogP contribution is 2.38. The lowest BCUT2D eigenvalue weighted by Crippen LogP contribution is -2.22. The quantitative estimate of drug-likeness (QED) is 0.583. The maximum absolute atomic E-state index is 13.9. The molecule has 0 saturated heterocycles. The van der Waals surface area contributed by atoms with E-state index >= 15 is 0 Å². The van der Waals surface area contributed by atoms with Crippen molar-refractivity contribution in [2.24, 2.45) is 0 Å². The molecule has 9 heteroatoms. The SMILES string of the molecule is Fc1cc(OC(F)(F)c2ccc(Br)cc2)cc(F)c1C(F)(F)F. The van der Waals surface area contributed by atoms with Crippen LogP contribution in [0.2, 0.25) is 0 Å². The Hall–Kier alpha value is -1.77. The van der Waals surface area contributed by atoms with Crippen LogP contribution in [-0.2, 0) is 12.3 Å². The van der Waals surface area contributed by atoms with Gasteiger partial charge in [-0.25, -0.2) is 8.78 Å². The van der Waals surface area contributed by atoms with Gasteiger partial charge in [0.2, 0.25) is 0 Å². The minimum Gasteiger partial charge on any atom is -0.429 e. The molecule has 0 unspecified atom stereocenters. The molecule has 0 heterocycles. The van der Waals surface area contributed by atoms with E-state index in [2.05, 4.69) is 20.7 Å². The largest absolute Gasteiger partial charge is 0.429 e. The molecule has 23 heavy (non-hydrogen) atoms. The van der Waals surface area contributed by atoms with E-state index in [4.69, 9.17) is 0 Å². The molecule has 2 aromatic rings. The maximum atomic E-state index is 13.9. The van der Waals surface area contributed by atoms with E-state index in [0.29, 0.717) is 4.47 Å². The summed E-state index contributed by atoms with van der Waals surface area (Å²) in [5.74, 6) is -5.15. The van der Waals surface area contributed by atoms with Crippen molar-refractivity contribution in [3.8, 4) is 5.75 Å². The molecule has 0 bridgehead atoms. The van der Waals surface area contributed by atoms with Gasteiger partial charge in [0, 0.05) is 16.6 Å². The molecule has 2 rings (SSSR count). The van der Waals surface area contributed by atoms with Gasteiger partial charge in [-0.1, -0.05) is 15.9 Å². The van der Waals surface area contributed by atoms with Gasteiger partial charge in [-0.05, 0) is 24.3 Å². The third-order valence-corrected chi connectivity index (χ3v) is 3.25. The van der Waals surface area contributed by atoms with Crippen molar-refractivity contribution in [1.29, 1.82) is 0 Å². The normalized spacial score (nSPS) is 12.3. The smallest absolute Gasteiger partial charge is 0.426 e. The first-order valence-electron chi connectivity index (χ1n) is 5.90. The Morgan fingerprint density at radius 2 is 1.30 bits per heavy atom. The summed E-state index contributed by atoms with van der Waals surface area (Å²) in [5, 5.41) is 0. The number of hydrogen-bond donors (Lipinski definition) is 0. The average Bonchev–Trinajstić information content (AvgIpc) is 2.35. The lowest BCUT2D eigenvalue weighted by molar-refractivity contribution is -0.185. The maximum Gasteiger partial charge on any atom is 0.426 e. The standard InChI is InChI=1S/C14H6BrF7O/c15-8-3-1-7(2-4-8)14(21,22)23-9-5-10(16)12(11(17)6-9)13(18,19)20/h1-6H. The molecule has 0 fully saturated rings. The Balaban J connectivity index is 2.35. The van der Waals surface area contributed by atoms with Crippen LogP contribution in [0.3, 0.4) is 0 Å². The van der Waals surface area contributed by atoms with Crippen LogP contribution >= 0.6 is 15.9 Å². The molecular formula is C14H6BrF7O. The Bertz CT molecular complexity index is 687. The summed E-state index contributed by atoms with van der Waals surface area (Å²) in [4.78, 5) is 0. The summed E-state index contributed by atoms with van der Waals surface area (Å²) in [7, 11) is 0. The number of hydrogen-bond acceptors (Lipinski definition) is 1. The lowest BCUT2D eigenvalue weighted by atomic mass is 10.1. The summed E-state index contributed by atoms with van der Waals surface area (Å²) in [6, 6.07) is 4.64. The van der Waals surface area contributed by atoms with Crippen molar-refractivity contribution in [3.63, 3.8) is 0 Å². The Morgan fingerprint density at radius 3 is 1.74 bits per heavy atom. The Kier molecular flexibility index (Phi) is 4.61. The van der Waals surface area contributed by atoms with Gasteiger partial charge >= 0.3 is 12.3 Å². The zero-order valence-corrected chi connectivity index (χ0v) is 12.5. The number of ether oxygens (including phenoxy) is 1. The zero-order valence-electron chi connectivity index (χ0n) is 10.9. The number of rotatable bonds is 3. The highest BCUT2D eigenvalue weighted by atomic mass is 79.9. The fourth-order valence-corrected chi connectivity index (χ4v) is 1.99. The fraction of sp³-hybridized carbons (Fsp3) is 0.143. The van der Waals surface area contributed by atoms with E-state index in [-0.39, 0.29) is 12.1 Å². The first-order valence-corrected chi connectivity index (χ1v) is 6.69. The molecular weight excluding hydrogens is 397 g/mol. The lowest BCUT2D eigenvalue weighted by Gasteiger charge is -2.19. The van der Waals surface area contributed by atoms with Gasteiger partial charge in [-0.2, -0.15) is 22.0 Å². The molecule has 0 aliphatic heterocycles. The van der Waals surface area contributed by atoms with Crippen molar-refractivity contribution >= 4 is 15.9 Å². The predicted octanol–water partition coefficient (Wildman–Crippen LogP) is 5.87. The highest BCUT2D eigenvalue weighted by Gasteiger charge is 2.40. The van der Waals surface area contributed by atoms with E-state index in [0.717, 1.165) is 12.1 Å². The first-order chi connectivity index (χ1) is 10.5. The van der Waals surface area contributed by atoms with E-state index in [9.17, 15) is 30.7 Å². The summed E-state index contributed by atoms with van der Waals surface area (Å²) in [5.41, 5.74) is -2.81. The number of alkyl halides is 5. The number of benzene rings is 2. The van der Waals surface area contributed by atoms with Crippen LogP contribution in [0.5, 0.6) is 5.75 Å². The molecule has 1 nitrogen and oxygen atoms in total. The summed E-state index contributed by atoms with van der Waals surface area (Å²) in [6.45, 7) is 0. The van der Waals surface area contributed by atoms with E-state index in [1.165, 1.54) is 12.1 Å². The molecule has 0 saturated carbocycles. The second-order valence-corrected chi connectivity index (χ2v) is 5.30. The topological polar surface area (TPSA) is 9.23 Å². The van der Waals surface area contributed by atoms with Gasteiger partial charge in [0.05, 0.1) is 5.56 Å². The van der Waals surface area contributed by atoms with Crippen LogP contribution in [0.4, 0.5) is 30.7 Å². The fourth-order valence-electron chi connectivity index (χ4n) is 1.73. The van der Waals surface area contributed by atoms with Crippen LogP contribution in [0, 0.1) is 11.6 Å². The zero-order chi connectivity index (χ0) is 17.4. The predicted molar refractivity (Wildman–Crippen MR) is 70.0 cm³/mol. The minimum absolute atomic E-state index is 0.0542. The van der Waals surface area contributed by atoms with Crippen molar-refractivity contribution < 1.29 is 35.5 Å². The molecule has 0 N–H and O–H groups in total. The molecule has 2 aromatic carbocycles.